The van der Waals surface area contributed by atoms with Crippen LogP contribution in [0, 0.1) is 16.0 Å². The molecule has 0 saturated carbocycles. The van der Waals surface area contributed by atoms with Gasteiger partial charge in [-0.25, -0.2) is 13.6 Å². The number of sulfonamides is 1. The molecule has 0 radical (unpaired) electrons. The zero-order valence-electron chi connectivity index (χ0n) is 17.8. The summed E-state index contributed by atoms with van der Waals surface area (Å²) in [5.74, 6) is -1.59. The molecule has 0 spiro atoms. The van der Waals surface area contributed by atoms with E-state index in [9.17, 15) is 28.1 Å². The molecule has 2 aromatic carbocycles. The van der Waals surface area contributed by atoms with Crippen molar-refractivity contribution in [1.29, 1.82) is 0 Å². The average molecular weight is 477 g/mol. The normalized spacial score (nSPS) is 15.5. The Hall–Kier alpha value is -3.51. The number of ether oxygens (including phenoxy) is 1. The average Bonchev–Trinajstić information content (AvgIpc) is 2.78. The summed E-state index contributed by atoms with van der Waals surface area (Å²) in [6, 6.07) is 11.9. The van der Waals surface area contributed by atoms with E-state index in [1.165, 1.54) is 37.3 Å². The van der Waals surface area contributed by atoms with Crippen LogP contribution < -0.4 is 15.4 Å². The lowest BCUT2D eigenvalue weighted by molar-refractivity contribution is -0.384. The molecule has 3 N–H and O–H groups in total. The van der Waals surface area contributed by atoms with Crippen molar-refractivity contribution in [3.8, 4) is 0 Å². The third-order valence-corrected chi connectivity index (χ3v) is 6.25. The second kappa shape index (κ2) is 9.96. The van der Waals surface area contributed by atoms with Gasteiger partial charge in [0.15, 0.2) is 6.10 Å². The molecule has 176 valence electrons. The number of nitrogens with two attached hydrogens (primary N) is 1. The molecule has 1 aliphatic heterocycles. The van der Waals surface area contributed by atoms with Crippen LogP contribution in [0.4, 0.5) is 17.1 Å². The van der Waals surface area contributed by atoms with Gasteiger partial charge in [-0.05, 0) is 44.0 Å². The minimum Gasteiger partial charge on any atom is -0.452 e. The van der Waals surface area contributed by atoms with Crippen LogP contribution in [0.5, 0.6) is 0 Å². The standard InChI is InChI=1S/C21H24N4O7S/c1-14(20(26)23-16-5-4-6-17(13-16)33(22,30)31)32-21(27)15-9-11-24(12-10-15)18-7-2-3-8-19(18)25(28)29/h2-8,13-15H,9-12H2,1H3,(H,23,26)(H2,22,30,31). The molecule has 1 fully saturated rings. The molecule has 1 heterocycles. The van der Waals surface area contributed by atoms with Crippen molar-refractivity contribution < 1.29 is 27.7 Å². The first-order chi connectivity index (χ1) is 15.6. The first-order valence-electron chi connectivity index (χ1n) is 10.2. The van der Waals surface area contributed by atoms with E-state index in [1.807, 2.05) is 4.90 Å². The van der Waals surface area contributed by atoms with Crippen molar-refractivity contribution >= 4 is 39.0 Å². The number of carbonyl (C=O) groups is 2. The van der Waals surface area contributed by atoms with Gasteiger partial charge in [0.2, 0.25) is 10.0 Å². The van der Waals surface area contributed by atoms with Crippen molar-refractivity contribution in [3.63, 3.8) is 0 Å². The zero-order valence-corrected chi connectivity index (χ0v) is 18.7. The number of anilines is 2. The number of hydrogen-bond acceptors (Lipinski definition) is 8. The summed E-state index contributed by atoms with van der Waals surface area (Å²) in [5.41, 5.74) is 0.714. The molecular formula is C21H24N4O7S. The Balaban J connectivity index is 1.55. The quantitative estimate of drug-likeness (QED) is 0.348. The first kappa shape index (κ1) is 24.1. The Bertz CT molecular complexity index is 1160. The van der Waals surface area contributed by atoms with Crippen molar-refractivity contribution in [2.45, 2.75) is 30.8 Å². The fourth-order valence-corrected chi connectivity index (χ4v) is 4.12. The Labute approximate surface area is 190 Å². The highest BCUT2D eigenvalue weighted by Crippen LogP contribution is 2.31. The third kappa shape index (κ3) is 6.05. The highest BCUT2D eigenvalue weighted by atomic mass is 32.2. The van der Waals surface area contributed by atoms with E-state index in [-0.39, 0.29) is 16.3 Å². The van der Waals surface area contributed by atoms with E-state index in [0.29, 0.717) is 31.6 Å². The van der Waals surface area contributed by atoms with E-state index in [0.717, 1.165) is 0 Å². The Kier molecular flexibility index (Phi) is 7.29. The molecule has 11 nitrogen and oxygen atoms in total. The van der Waals surface area contributed by atoms with Gasteiger partial charge in [0, 0.05) is 24.8 Å². The van der Waals surface area contributed by atoms with Gasteiger partial charge in [0.1, 0.15) is 5.69 Å². The van der Waals surface area contributed by atoms with Crippen molar-refractivity contribution in [2.24, 2.45) is 11.1 Å². The number of carbonyl (C=O) groups excluding carboxylic acids is 2. The molecular weight excluding hydrogens is 452 g/mol. The summed E-state index contributed by atoms with van der Waals surface area (Å²) in [6.07, 6.45) is -0.255. The Morgan fingerprint density at radius 1 is 1.18 bits per heavy atom. The van der Waals surface area contributed by atoms with Crippen LogP contribution in [0.25, 0.3) is 0 Å². The molecule has 1 atom stereocenters. The van der Waals surface area contributed by atoms with Gasteiger partial charge in [-0.1, -0.05) is 18.2 Å². The number of para-hydroxylation sites is 2. The molecule has 2 aromatic rings. The summed E-state index contributed by atoms with van der Waals surface area (Å²) in [5, 5.41) is 18.8. The molecule has 1 saturated heterocycles. The van der Waals surface area contributed by atoms with E-state index < -0.39 is 38.8 Å². The number of nitrogens with one attached hydrogen (secondary N) is 1. The monoisotopic (exact) mass is 476 g/mol. The lowest BCUT2D eigenvalue weighted by Crippen LogP contribution is -2.39. The van der Waals surface area contributed by atoms with Crippen LogP contribution in [0.3, 0.4) is 0 Å². The number of rotatable bonds is 7. The largest absolute Gasteiger partial charge is 0.452 e. The molecule has 33 heavy (non-hydrogen) atoms. The molecule has 1 unspecified atom stereocenters. The van der Waals surface area contributed by atoms with Gasteiger partial charge in [-0.15, -0.1) is 0 Å². The lowest BCUT2D eigenvalue weighted by Gasteiger charge is -2.32. The van der Waals surface area contributed by atoms with Crippen LogP contribution in [0.1, 0.15) is 19.8 Å². The molecule has 3 rings (SSSR count). The van der Waals surface area contributed by atoms with Gasteiger partial charge < -0.3 is 15.0 Å². The van der Waals surface area contributed by atoms with E-state index in [1.54, 1.807) is 18.2 Å². The maximum Gasteiger partial charge on any atom is 0.309 e. The second-order valence-electron chi connectivity index (χ2n) is 7.65. The van der Waals surface area contributed by atoms with Crippen LogP contribution in [0.2, 0.25) is 0 Å². The van der Waals surface area contributed by atoms with Gasteiger partial charge >= 0.3 is 5.97 Å². The lowest BCUT2D eigenvalue weighted by atomic mass is 9.96. The van der Waals surface area contributed by atoms with Crippen LogP contribution in [-0.2, 0) is 24.3 Å². The predicted octanol–water partition coefficient (Wildman–Crippen LogP) is 2.03. The predicted molar refractivity (Wildman–Crippen MR) is 120 cm³/mol. The molecule has 12 heteroatoms. The Morgan fingerprint density at radius 2 is 1.85 bits per heavy atom. The van der Waals surface area contributed by atoms with Crippen molar-refractivity contribution in [3.05, 3.63) is 58.6 Å². The number of esters is 1. The maximum atomic E-state index is 12.5. The van der Waals surface area contributed by atoms with Crippen molar-refractivity contribution in [1.82, 2.24) is 0 Å². The number of nitrogens with zero attached hydrogens (tertiary/aromatic N) is 2. The van der Waals surface area contributed by atoms with Crippen LogP contribution in [-0.4, -0.2) is 44.4 Å². The summed E-state index contributed by atoms with van der Waals surface area (Å²) in [4.78, 5) is 37.4. The topological polar surface area (TPSA) is 162 Å². The molecule has 1 amide bonds. The van der Waals surface area contributed by atoms with E-state index in [4.69, 9.17) is 9.88 Å². The van der Waals surface area contributed by atoms with Gasteiger partial charge in [-0.3, -0.25) is 19.7 Å². The maximum absolute atomic E-state index is 12.5. The molecule has 0 aliphatic carbocycles. The number of nitro benzene ring substituents is 1. The third-order valence-electron chi connectivity index (χ3n) is 5.34. The fraction of sp³-hybridized carbons (Fsp3) is 0.333. The van der Waals surface area contributed by atoms with Gasteiger partial charge in [-0.2, -0.15) is 0 Å². The van der Waals surface area contributed by atoms with Gasteiger partial charge in [0.25, 0.3) is 11.6 Å². The summed E-state index contributed by atoms with van der Waals surface area (Å²) < 4.78 is 28.2. The summed E-state index contributed by atoms with van der Waals surface area (Å²) in [7, 11) is -3.93. The summed E-state index contributed by atoms with van der Waals surface area (Å²) in [6.45, 7) is 2.29. The Morgan fingerprint density at radius 3 is 2.48 bits per heavy atom. The second-order valence-corrected chi connectivity index (χ2v) is 9.21. The number of piperidine rings is 1. The molecule has 0 bridgehead atoms. The number of amides is 1. The van der Waals surface area contributed by atoms with E-state index in [2.05, 4.69) is 5.32 Å². The zero-order chi connectivity index (χ0) is 24.2. The first-order valence-corrected chi connectivity index (χ1v) is 11.7. The SMILES string of the molecule is CC(OC(=O)C1CCN(c2ccccc2[N+](=O)[O-])CC1)C(=O)Nc1cccc(S(N)(=O)=O)c1. The van der Waals surface area contributed by atoms with E-state index >= 15 is 0 Å². The number of nitro groups is 1. The number of hydrogen-bond donors (Lipinski definition) is 2. The summed E-state index contributed by atoms with van der Waals surface area (Å²) >= 11 is 0. The van der Waals surface area contributed by atoms with Crippen LogP contribution in [0.15, 0.2) is 53.4 Å². The molecule has 0 aromatic heterocycles. The van der Waals surface area contributed by atoms with Crippen LogP contribution >= 0.6 is 0 Å². The minimum atomic E-state index is -3.93. The highest BCUT2D eigenvalue weighted by Gasteiger charge is 2.31. The number of primary sulfonamides is 1. The van der Waals surface area contributed by atoms with Crippen molar-refractivity contribution in [2.75, 3.05) is 23.3 Å². The fourth-order valence-electron chi connectivity index (χ4n) is 3.56. The highest BCUT2D eigenvalue weighted by molar-refractivity contribution is 7.89. The minimum absolute atomic E-state index is 0.00956. The smallest absolute Gasteiger partial charge is 0.309 e. The van der Waals surface area contributed by atoms with Gasteiger partial charge in [0.05, 0.1) is 15.7 Å². The number of benzene rings is 2. The molecule has 1 aliphatic rings.